The first-order valence-corrected chi connectivity index (χ1v) is 11.4. The van der Waals surface area contributed by atoms with Crippen molar-refractivity contribution in [1.82, 2.24) is 10.6 Å². The van der Waals surface area contributed by atoms with Crippen molar-refractivity contribution in [2.45, 2.75) is 50.4 Å². The molecule has 3 atom stereocenters. The number of rotatable bonds is 6. The van der Waals surface area contributed by atoms with E-state index in [2.05, 4.69) is 56.9 Å². The van der Waals surface area contributed by atoms with Crippen LogP contribution in [0.3, 0.4) is 0 Å². The van der Waals surface area contributed by atoms with Crippen LogP contribution >= 0.6 is 0 Å². The topological polar surface area (TPSA) is 56.7 Å². The van der Waals surface area contributed by atoms with E-state index < -0.39 is 10.8 Å². The number of guanidine groups is 1. The van der Waals surface area contributed by atoms with E-state index in [9.17, 15) is 4.21 Å². The molecule has 6 heteroatoms. The maximum absolute atomic E-state index is 12.1. The molecule has 27 heavy (non-hydrogen) atoms. The van der Waals surface area contributed by atoms with E-state index in [-0.39, 0.29) is 0 Å². The van der Waals surface area contributed by atoms with E-state index in [1.807, 2.05) is 14.0 Å². The van der Waals surface area contributed by atoms with Crippen LogP contribution in [0, 0.1) is 0 Å². The van der Waals surface area contributed by atoms with Gasteiger partial charge in [-0.2, -0.15) is 0 Å². The number of benzene rings is 1. The maximum Gasteiger partial charge on any atom is 0.191 e. The Morgan fingerprint density at radius 3 is 2.85 bits per heavy atom. The Morgan fingerprint density at radius 2 is 2.11 bits per heavy atom. The second kappa shape index (κ2) is 9.93. The molecule has 1 aromatic carbocycles. The third kappa shape index (κ3) is 5.58. The molecular weight excluding hydrogens is 356 g/mol. The molecule has 1 saturated carbocycles. The average molecular weight is 389 g/mol. The van der Waals surface area contributed by atoms with Gasteiger partial charge < -0.3 is 15.5 Å². The molecule has 0 amide bonds. The minimum Gasteiger partial charge on any atom is -0.364 e. The van der Waals surface area contributed by atoms with Gasteiger partial charge in [-0.15, -0.1) is 0 Å². The molecule has 0 spiro atoms. The van der Waals surface area contributed by atoms with Gasteiger partial charge in [0.05, 0.1) is 0 Å². The zero-order chi connectivity index (χ0) is 19.1. The minimum atomic E-state index is -0.698. The monoisotopic (exact) mass is 388 g/mol. The lowest BCUT2D eigenvalue weighted by Gasteiger charge is -2.30. The van der Waals surface area contributed by atoms with Gasteiger partial charge in [0.25, 0.3) is 0 Å². The highest BCUT2D eigenvalue weighted by molar-refractivity contribution is 7.85. The zero-order valence-electron chi connectivity index (χ0n) is 16.5. The summed E-state index contributed by atoms with van der Waals surface area (Å²) in [6.07, 6.45) is 8.73. The van der Waals surface area contributed by atoms with Crippen molar-refractivity contribution in [2.24, 2.45) is 4.99 Å². The van der Waals surface area contributed by atoms with Gasteiger partial charge >= 0.3 is 0 Å². The van der Waals surface area contributed by atoms with Crippen LogP contribution in [-0.4, -0.2) is 47.4 Å². The van der Waals surface area contributed by atoms with Crippen LogP contribution < -0.4 is 15.5 Å². The third-order valence-corrected chi connectivity index (χ3v) is 7.14. The summed E-state index contributed by atoms with van der Waals surface area (Å²) in [6.45, 7) is 4.73. The summed E-state index contributed by atoms with van der Waals surface area (Å²) in [5.41, 5.74) is 2.51. The number of nitrogens with zero attached hydrogens (tertiary/aromatic N) is 2. The summed E-state index contributed by atoms with van der Waals surface area (Å²) in [6, 6.07) is 9.03. The highest BCUT2D eigenvalue weighted by atomic mass is 32.2. The number of hydrogen-bond acceptors (Lipinski definition) is 3. The Hall–Kier alpha value is -1.82. The van der Waals surface area contributed by atoms with Crippen molar-refractivity contribution >= 4 is 22.4 Å². The number of nitrogens with one attached hydrogen (secondary N) is 2. The molecule has 1 aliphatic carbocycles. The van der Waals surface area contributed by atoms with E-state index in [0.29, 0.717) is 11.3 Å². The summed E-state index contributed by atoms with van der Waals surface area (Å²) in [4.78, 5) is 6.74. The van der Waals surface area contributed by atoms with E-state index in [1.54, 1.807) is 0 Å². The molecule has 0 radical (unpaired) electrons. The summed E-state index contributed by atoms with van der Waals surface area (Å²) in [5, 5.41) is 7.30. The molecule has 1 heterocycles. The predicted octanol–water partition coefficient (Wildman–Crippen LogP) is 2.81. The zero-order valence-corrected chi connectivity index (χ0v) is 17.3. The molecule has 3 unspecified atom stereocenters. The molecule has 1 fully saturated rings. The first-order valence-electron chi connectivity index (χ1n) is 10.0. The van der Waals surface area contributed by atoms with Gasteiger partial charge in [0.2, 0.25) is 0 Å². The first kappa shape index (κ1) is 19.9. The summed E-state index contributed by atoms with van der Waals surface area (Å²) in [5.74, 6) is 1.59. The lowest BCUT2D eigenvalue weighted by Crippen LogP contribution is -2.46. The average Bonchev–Trinajstić information content (AvgIpc) is 3.26. The standard InChI is InChI=1S/C21H32N4OS/c1-3-27(26)20-11-7-9-18(15-20)24-21(22-2)23-16-17-8-6-10-19(14-17)25-12-4-5-13-25/h4-6,8,10,14,18,20H,3,7,9,11-13,15-16H2,1-2H3,(H2,22,23,24). The fourth-order valence-electron chi connectivity index (χ4n) is 3.88. The second-order valence-corrected chi connectivity index (χ2v) is 9.28. The molecule has 2 N–H and O–H groups in total. The van der Waals surface area contributed by atoms with Gasteiger partial charge in [-0.05, 0) is 37.0 Å². The fraction of sp³-hybridized carbons (Fsp3) is 0.571. The van der Waals surface area contributed by atoms with Gasteiger partial charge in [-0.1, -0.05) is 37.6 Å². The van der Waals surface area contributed by atoms with E-state index in [4.69, 9.17) is 0 Å². The fourth-order valence-corrected chi connectivity index (χ4v) is 5.22. The van der Waals surface area contributed by atoms with Crippen LogP contribution in [0.2, 0.25) is 0 Å². The van der Waals surface area contributed by atoms with Gasteiger partial charge in [0, 0.05) is 60.2 Å². The molecular formula is C21H32N4OS. The Morgan fingerprint density at radius 1 is 1.30 bits per heavy atom. The molecule has 5 nitrogen and oxygen atoms in total. The van der Waals surface area contributed by atoms with Crippen LogP contribution in [0.25, 0.3) is 0 Å². The smallest absolute Gasteiger partial charge is 0.191 e. The Labute approximate surface area is 165 Å². The highest BCUT2D eigenvalue weighted by Gasteiger charge is 2.26. The molecule has 1 aliphatic heterocycles. The lowest BCUT2D eigenvalue weighted by atomic mass is 9.95. The first-order chi connectivity index (χ1) is 13.2. The van der Waals surface area contributed by atoms with Gasteiger partial charge in [0.15, 0.2) is 5.96 Å². The Balaban J connectivity index is 1.52. The quantitative estimate of drug-likeness (QED) is 0.447. The summed E-state index contributed by atoms with van der Waals surface area (Å²) >= 11 is 0. The molecule has 0 aromatic heterocycles. The molecule has 0 bridgehead atoms. The number of aliphatic imine (C=N–C) groups is 1. The largest absolute Gasteiger partial charge is 0.364 e. The highest BCUT2D eigenvalue weighted by Crippen LogP contribution is 2.23. The van der Waals surface area contributed by atoms with Crippen molar-refractivity contribution in [3.8, 4) is 0 Å². The Kier molecular flexibility index (Phi) is 7.33. The van der Waals surface area contributed by atoms with Crippen LogP contribution in [0.4, 0.5) is 5.69 Å². The van der Waals surface area contributed by atoms with Crippen molar-refractivity contribution in [3.05, 3.63) is 42.0 Å². The molecule has 1 aromatic rings. The number of hydrogen-bond donors (Lipinski definition) is 2. The third-order valence-electron chi connectivity index (χ3n) is 5.40. The van der Waals surface area contributed by atoms with Gasteiger partial charge in [0.1, 0.15) is 0 Å². The Bertz CT molecular complexity index is 695. The van der Waals surface area contributed by atoms with E-state index in [1.165, 1.54) is 11.3 Å². The second-order valence-electron chi connectivity index (χ2n) is 7.27. The van der Waals surface area contributed by atoms with Gasteiger partial charge in [-0.25, -0.2) is 0 Å². The van der Waals surface area contributed by atoms with Crippen molar-refractivity contribution < 1.29 is 4.21 Å². The van der Waals surface area contributed by atoms with Crippen LogP contribution in [0.1, 0.15) is 38.2 Å². The van der Waals surface area contributed by atoms with Crippen molar-refractivity contribution in [3.63, 3.8) is 0 Å². The number of anilines is 1. The lowest BCUT2D eigenvalue weighted by molar-refractivity contribution is 0.413. The van der Waals surface area contributed by atoms with E-state index >= 15 is 0 Å². The normalized spacial score (nSPS) is 24.1. The maximum atomic E-state index is 12.1. The van der Waals surface area contributed by atoms with Crippen molar-refractivity contribution in [2.75, 3.05) is 30.8 Å². The predicted molar refractivity (Wildman–Crippen MR) is 116 cm³/mol. The van der Waals surface area contributed by atoms with Crippen LogP contribution in [-0.2, 0) is 17.3 Å². The molecule has 2 aliphatic rings. The summed E-state index contributed by atoms with van der Waals surface area (Å²) in [7, 11) is 1.11. The SMILES string of the molecule is CCS(=O)C1CCCC(NC(=NC)NCc2cccc(N3CC=CC3)c2)C1. The van der Waals surface area contributed by atoms with Crippen molar-refractivity contribution in [1.29, 1.82) is 0 Å². The molecule has 148 valence electrons. The van der Waals surface area contributed by atoms with E-state index in [0.717, 1.165) is 57.0 Å². The van der Waals surface area contributed by atoms with Crippen LogP contribution in [0.5, 0.6) is 0 Å². The minimum absolute atomic E-state index is 0.324. The molecule has 0 saturated heterocycles. The molecule has 3 rings (SSSR count). The van der Waals surface area contributed by atoms with Gasteiger partial charge in [-0.3, -0.25) is 9.20 Å². The summed E-state index contributed by atoms with van der Waals surface area (Å²) < 4.78 is 12.1. The van der Waals surface area contributed by atoms with Crippen LogP contribution in [0.15, 0.2) is 41.4 Å².